The Labute approximate surface area is 203 Å². The highest BCUT2D eigenvalue weighted by Gasteiger charge is 2.28. The molecule has 8 heteroatoms. The van der Waals surface area contributed by atoms with Crippen molar-refractivity contribution < 1.29 is 14.6 Å². The van der Waals surface area contributed by atoms with E-state index < -0.39 is 6.41 Å². The van der Waals surface area contributed by atoms with Crippen LogP contribution in [0.1, 0.15) is 46.4 Å². The SMILES string of the molecule is CC(CC(=O)Nc1sc2c(c1C#N)CCN(C(O)OCCc1ccncc1)C2)c1ccccc1. The lowest BCUT2D eigenvalue weighted by Crippen LogP contribution is -2.40. The van der Waals surface area contributed by atoms with E-state index in [1.54, 1.807) is 12.4 Å². The molecule has 1 aliphatic rings. The van der Waals surface area contributed by atoms with Gasteiger partial charge in [0.25, 0.3) is 0 Å². The van der Waals surface area contributed by atoms with Crippen LogP contribution in [0.4, 0.5) is 5.00 Å². The molecule has 34 heavy (non-hydrogen) atoms. The molecule has 176 valence electrons. The number of fused-ring (bicyclic) bond motifs is 1. The molecule has 2 atom stereocenters. The number of amides is 1. The minimum Gasteiger partial charge on any atom is -0.356 e. The third-order valence-corrected chi connectivity index (χ3v) is 7.16. The summed E-state index contributed by atoms with van der Waals surface area (Å²) in [5, 5.41) is 23.8. The van der Waals surface area contributed by atoms with Crippen LogP contribution < -0.4 is 5.32 Å². The lowest BCUT2D eigenvalue weighted by Gasteiger charge is -2.30. The Morgan fingerprint density at radius 1 is 1.29 bits per heavy atom. The largest absolute Gasteiger partial charge is 0.356 e. The minimum absolute atomic E-state index is 0.0799. The number of nitrogens with zero attached hydrogens (tertiary/aromatic N) is 3. The van der Waals surface area contributed by atoms with Crippen molar-refractivity contribution in [1.82, 2.24) is 9.88 Å². The second-order valence-corrected chi connectivity index (χ2v) is 9.51. The fraction of sp³-hybridized carbons (Fsp3) is 0.346. The molecule has 1 aliphatic heterocycles. The smallest absolute Gasteiger partial charge is 0.225 e. The fourth-order valence-corrected chi connectivity index (χ4v) is 5.35. The van der Waals surface area contributed by atoms with E-state index in [1.165, 1.54) is 11.3 Å². The van der Waals surface area contributed by atoms with Crippen LogP contribution in [-0.2, 0) is 28.9 Å². The standard InChI is InChI=1S/C26H28N4O3S/c1-18(20-5-3-2-4-6-20)15-24(31)29-25-22(16-27)21-9-13-30(17-23(21)34-25)26(32)33-14-10-19-7-11-28-12-8-19/h2-8,11-12,18,26,32H,9-10,13-15,17H2,1H3,(H,29,31). The summed E-state index contributed by atoms with van der Waals surface area (Å²) in [6.07, 6.45) is 4.10. The number of pyridine rings is 1. The first-order chi connectivity index (χ1) is 16.5. The van der Waals surface area contributed by atoms with E-state index in [1.807, 2.05) is 54.3 Å². The summed E-state index contributed by atoms with van der Waals surface area (Å²) in [6, 6.07) is 16.0. The average molecular weight is 477 g/mol. The molecule has 0 radical (unpaired) electrons. The van der Waals surface area contributed by atoms with Crippen LogP contribution in [0.3, 0.4) is 0 Å². The maximum atomic E-state index is 12.7. The Balaban J connectivity index is 1.35. The van der Waals surface area contributed by atoms with Gasteiger partial charge in [-0.3, -0.25) is 9.78 Å². The normalized spacial score (nSPS) is 15.2. The monoisotopic (exact) mass is 476 g/mol. The Morgan fingerprint density at radius 2 is 2.06 bits per heavy atom. The third-order valence-electron chi connectivity index (χ3n) is 6.03. The molecule has 3 heterocycles. The molecule has 0 fully saturated rings. The van der Waals surface area contributed by atoms with Gasteiger partial charge in [-0.25, -0.2) is 4.90 Å². The Morgan fingerprint density at radius 3 is 2.79 bits per heavy atom. The zero-order valence-electron chi connectivity index (χ0n) is 19.1. The number of nitriles is 1. The van der Waals surface area contributed by atoms with Gasteiger partial charge < -0.3 is 15.2 Å². The lowest BCUT2D eigenvalue weighted by molar-refractivity contribution is -0.197. The van der Waals surface area contributed by atoms with E-state index >= 15 is 0 Å². The van der Waals surface area contributed by atoms with Gasteiger partial charge in [0.2, 0.25) is 12.3 Å². The Hall–Kier alpha value is -3.09. The predicted octanol–water partition coefficient (Wildman–Crippen LogP) is 4.04. The predicted molar refractivity (Wildman–Crippen MR) is 131 cm³/mol. The van der Waals surface area contributed by atoms with Gasteiger partial charge in [-0.2, -0.15) is 5.26 Å². The van der Waals surface area contributed by atoms with Crippen LogP contribution in [0.25, 0.3) is 0 Å². The van der Waals surface area contributed by atoms with Crippen molar-refractivity contribution in [3.63, 3.8) is 0 Å². The van der Waals surface area contributed by atoms with Gasteiger partial charge in [-0.15, -0.1) is 11.3 Å². The van der Waals surface area contributed by atoms with Gasteiger partial charge in [0.1, 0.15) is 11.1 Å². The number of carbonyl (C=O) groups is 1. The Kier molecular flexibility index (Phi) is 8.03. The van der Waals surface area contributed by atoms with Gasteiger partial charge in [0.05, 0.1) is 12.2 Å². The van der Waals surface area contributed by atoms with Crippen LogP contribution >= 0.6 is 11.3 Å². The molecule has 1 aromatic carbocycles. The first kappa shape index (κ1) is 24.0. The van der Waals surface area contributed by atoms with Crippen molar-refractivity contribution in [2.45, 2.75) is 45.1 Å². The second kappa shape index (κ2) is 11.4. The molecule has 0 spiro atoms. The summed E-state index contributed by atoms with van der Waals surface area (Å²) in [7, 11) is 0. The topological polar surface area (TPSA) is 98.5 Å². The number of aromatic nitrogens is 1. The highest BCUT2D eigenvalue weighted by Crippen LogP contribution is 2.37. The summed E-state index contributed by atoms with van der Waals surface area (Å²) in [5.74, 6) is -0.0287. The van der Waals surface area contributed by atoms with Crippen molar-refractivity contribution >= 4 is 22.2 Å². The number of rotatable bonds is 9. The van der Waals surface area contributed by atoms with Crippen molar-refractivity contribution in [1.29, 1.82) is 5.26 Å². The average Bonchev–Trinajstić information content (AvgIpc) is 3.20. The molecule has 7 nitrogen and oxygen atoms in total. The number of anilines is 1. The molecule has 4 rings (SSSR count). The maximum Gasteiger partial charge on any atom is 0.225 e. The zero-order chi connectivity index (χ0) is 23.9. The van der Waals surface area contributed by atoms with Crippen LogP contribution in [0, 0.1) is 11.3 Å². The molecule has 0 saturated heterocycles. The van der Waals surface area contributed by atoms with Crippen LogP contribution in [-0.4, -0.2) is 40.5 Å². The van der Waals surface area contributed by atoms with E-state index in [4.69, 9.17) is 4.74 Å². The molecular formula is C26H28N4O3S. The molecule has 3 aromatic rings. The first-order valence-electron chi connectivity index (χ1n) is 11.4. The molecule has 2 N–H and O–H groups in total. The fourth-order valence-electron chi connectivity index (χ4n) is 4.11. The van der Waals surface area contributed by atoms with Crippen molar-refractivity contribution in [3.8, 4) is 6.07 Å². The number of carbonyl (C=O) groups excluding carboxylic acids is 1. The van der Waals surface area contributed by atoms with Gasteiger partial charge in [-0.1, -0.05) is 37.3 Å². The van der Waals surface area contributed by atoms with Crippen LogP contribution in [0.15, 0.2) is 54.9 Å². The van der Waals surface area contributed by atoms with Gasteiger partial charge in [0.15, 0.2) is 0 Å². The highest BCUT2D eigenvalue weighted by atomic mass is 32.1. The maximum absolute atomic E-state index is 12.7. The number of hydrogen-bond acceptors (Lipinski definition) is 7. The van der Waals surface area contributed by atoms with Crippen molar-refractivity contribution in [2.75, 3.05) is 18.5 Å². The van der Waals surface area contributed by atoms with Gasteiger partial charge in [0, 0.05) is 36.8 Å². The van der Waals surface area contributed by atoms with Gasteiger partial charge in [-0.05, 0) is 47.6 Å². The number of ether oxygens (including phenoxy) is 1. The van der Waals surface area contributed by atoms with E-state index in [0.717, 1.165) is 21.6 Å². The summed E-state index contributed by atoms with van der Waals surface area (Å²) in [6.45, 7) is 3.46. The molecule has 0 aliphatic carbocycles. The van der Waals surface area contributed by atoms with E-state index in [2.05, 4.69) is 16.4 Å². The summed E-state index contributed by atoms with van der Waals surface area (Å²) < 4.78 is 5.65. The lowest BCUT2D eigenvalue weighted by atomic mass is 9.97. The van der Waals surface area contributed by atoms with Crippen LogP contribution in [0.5, 0.6) is 0 Å². The minimum atomic E-state index is -1.02. The number of nitrogens with one attached hydrogen (secondary N) is 1. The number of aliphatic hydroxyl groups is 1. The summed E-state index contributed by atoms with van der Waals surface area (Å²) in [4.78, 5) is 19.5. The molecule has 2 unspecified atom stereocenters. The molecular weight excluding hydrogens is 448 g/mol. The quantitative estimate of drug-likeness (QED) is 0.452. The summed E-state index contributed by atoms with van der Waals surface area (Å²) in [5.41, 5.74) is 3.70. The van der Waals surface area contributed by atoms with Gasteiger partial charge >= 0.3 is 0 Å². The third kappa shape index (κ3) is 5.88. The second-order valence-electron chi connectivity index (χ2n) is 8.41. The van der Waals surface area contributed by atoms with E-state index in [-0.39, 0.29) is 11.8 Å². The number of benzene rings is 1. The number of aliphatic hydroxyl groups excluding tert-OH is 1. The first-order valence-corrected chi connectivity index (χ1v) is 12.2. The molecule has 2 aromatic heterocycles. The number of hydrogen-bond donors (Lipinski definition) is 2. The number of thiophene rings is 1. The van der Waals surface area contributed by atoms with Crippen molar-refractivity contribution in [3.05, 3.63) is 82.0 Å². The van der Waals surface area contributed by atoms with Crippen LogP contribution in [0.2, 0.25) is 0 Å². The summed E-state index contributed by atoms with van der Waals surface area (Å²) >= 11 is 1.41. The molecule has 0 saturated carbocycles. The zero-order valence-corrected chi connectivity index (χ0v) is 19.9. The Bertz CT molecular complexity index is 1140. The van der Waals surface area contributed by atoms with E-state index in [0.29, 0.717) is 49.5 Å². The molecule has 0 bridgehead atoms. The van der Waals surface area contributed by atoms with Crippen molar-refractivity contribution in [2.24, 2.45) is 0 Å². The molecule has 1 amide bonds. The highest BCUT2D eigenvalue weighted by molar-refractivity contribution is 7.16. The van der Waals surface area contributed by atoms with E-state index in [9.17, 15) is 15.2 Å².